The summed E-state index contributed by atoms with van der Waals surface area (Å²) in [6.45, 7) is 7.51. The summed E-state index contributed by atoms with van der Waals surface area (Å²) in [5, 5.41) is 0.692. The monoisotopic (exact) mass is 307 g/mol. The molecule has 21 heavy (non-hydrogen) atoms. The summed E-state index contributed by atoms with van der Waals surface area (Å²) in [5.41, 5.74) is 8.26. The van der Waals surface area contributed by atoms with E-state index in [2.05, 4.69) is 20.8 Å². The number of hydrogen-bond acceptors (Lipinski definition) is 2. The average molecular weight is 308 g/mol. The number of nitrogens with zero attached hydrogens (tertiary/aromatic N) is 2. The number of aromatic nitrogens is 2. The van der Waals surface area contributed by atoms with Crippen LogP contribution in [0.5, 0.6) is 0 Å². The van der Waals surface area contributed by atoms with Gasteiger partial charge in [-0.25, -0.2) is 4.68 Å². The van der Waals surface area contributed by atoms with Crippen molar-refractivity contribution >= 4 is 17.3 Å². The van der Waals surface area contributed by atoms with Gasteiger partial charge in [-0.15, -0.1) is 0 Å². The molecule has 114 valence electrons. The topological polar surface area (TPSA) is 52.9 Å². The van der Waals surface area contributed by atoms with E-state index in [1.54, 1.807) is 4.68 Å². The first-order valence-electron chi connectivity index (χ1n) is 7.29. The second kappa shape index (κ2) is 6.39. The van der Waals surface area contributed by atoms with Gasteiger partial charge in [0.05, 0.1) is 12.2 Å². The van der Waals surface area contributed by atoms with Gasteiger partial charge in [0.2, 0.25) is 0 Å². The molecule has 1 aromatic carbocycles. The molecule has 0 unspecified atom stereocenters. The van der Waals surface area contributed by atoms with Gasteiger partial charge in [-0.2, -0.15) is 0 Å². The Kier molecular flexibility index (Phi) is 4.78. The molecule has 0 fully saturated rings. The van der Waals surface area contributed by atoms with Crippen molar-refractivity contribution < 1.29 is 0 Å². The summed E-state index contributed by atoms with van der Waals surface area (Å²) in [6, 6.07) is 7.54. The highest BCUT2D eigenvalue weighted by Gasteiger charge is 2.19. The largest absolute Gasteiger partial charge is 0.393 e. The predicted octanol–water partition coefficient (Wildman–Crippen LogP) is 3.47. The standard InChI is InChI=1S/C16H22ClN3O/c1-4-9-19-15(11(2)3)14(18)16(21)20(19)10-12-5-7-13(17)8-6-12/h5-8,11H,4,9-10,18H2,1-3H3. The maximum absolute atomic E-state index is 12.5. The molecule has 0 aliphatic rings. The van der Waals surface area contributed by atoms with Crippen LogP contribution in [0, 0.1) is 0 Å². The highest BCUT2D eigenvalue weighted by molar-refractivity contribution is 6.30. The third kappa shape index (κ3) is 3.16. The minimum Gasteiger partial charge on any atom is -0.393 e. The van der Waals surface area contributed by atoms with E-state index in [0.29, 0.717) is 17.3 Å². The smallest absolute Gasteiger partial charge is 0.290 e. The highest BCUT2D eigenvalue weighted by atomic mass is 35.5. The van der Waals surface area contributed by atoms with Gasteiger partial charge in [-0.1, -0.05) is 44.5 Å². The quantitative estimate of drug-likeness (QED) is 0.919. The van der Waals surface area contributed by atoms with Crippen LogP contribution in [0.1, 0.15) is 44.4 Å². The highest BCUT2D eigenvalue weighted by Crippen LogP contribution is 2.21. The van der Waals surface area contributed by atoms with Crippen LogP contribution in [0.4, 0.5) is 5.69 Å². The fourth-order valence-corrected chi connectivity index (χ4v) is 2.74. The van der Waals surface area contributed by atoms with Gasteiger partial charge < -0.3 is 5.73 Å². The molecule has 0 spiro atoms. The molecule has 1 heterocycles. The van der Waals surface area contributed by atoms with E-state index < -0.39 is 0 Å². The Bertz CT molecular complexity index is 668. The van der Waals surface area contributed by atoms with Crippen LogP contribution in [0.3, 0.4) is 0 Å². The summed E-state index contributed by atoms with van der Waals surface area (Å²) < 4.78 is 3.76. The number of benzene rings is 1. The van der Waals surface area contributed by atoms with E-state index in [1.165, 1.54) is 0 Å². The Hall–Kier alpha value is -1.68. The van der Waals surface area contributed by atoms with E-state index in [-0.39, 0.29) is 11.5 Å². The van der Waals surface area contributed by atoms with E-state index in [0.717, 1.165) is 24.2 Å². The molecule has 0 saturated carbocycles. The number of rotatable bonds is 5. The minimum atomic E-state index is -0.109. The fraction of sp³-hybridized carbons (Fsp3) is 0.438. The van der Waals surface area contributed by atoms with Gasteiger partial charge in [0.15, 0.2) is 0 Å². The normalized spacial score (nSPS) is 11.3. The van der Waals surface area contributed by atoms with Crippen LogP contribution in [-0.2, 0) is 13.1 Å². The SMILES string of the molecule is CCCn1c(C(C)C)c(N)c(=O)n1Cc1ccc(Cl)cc1. The summed E-state index contributed by atoms with van der Waals surface area (Å²) in [7, 11) is 0. The molecule has 0 saturated heterocycles. The molecule has 1 aromatic heterocycles. The van der Waals surface area contributed by atoms with Crippen LogP contribution in [0.15, 0.2) is 29.1 Å². The van der Waals surface area contributed by atoms with Gasteiger partial charge in [-0.05, 0) is 30.0 Å². The predicted molar refractivity (Wildman–Crippen MR) is 88.0 cm³/mol. The summed E-state index contributed by atoms with van der Waals surface area (Å²) in [5.74, 6) is 0.218. The molecule has 2 aromatic rings. The fourth-order valence-electron chi connectivity index (χ4n) is 2.61. The number of nitrogen functional groups attached to an aromatic ring is 1. The molecule has 0 atom stereocenters. The van der Waals surface area contributed by atoms with Crippen LogP contribution in [-0.4, -0.2) is 9.36 Å². The van der Waals surface area contributed by atoms with Gasteiger partial charge in [-0.3, -0.25) is 9.48 Å². The Morgan fingerprint density at radius 2 is 1.81 bits per heavy atom. The van der Waals surface area contributed by atoms with Crippen molar-refractivity contribution in [2.24, 2.45) is 0 Å². The van der Waals surface area contributed by atoms with Crippen LogP contribution in [0.2, 0.25) is 5.02 Å². The zero-order chi connectivity index (χ0) is 15.6. The molecule has 0 amide bonds. The third-order valence-corrected chi connectivity index (χ3v) is 3.79. The van der Waals surface area contributed by atoms with Crippen molar-refractivity contribution in [1.29, 1.82) is 0 Å². The van der Waals surface area contributed by atoms with Crippen molar-refractivity contribution in [1.82, 2.24) is 9.36 Å². The molecular weight excluding hydrogens is 286 g/mol. The zero-order valence-corrected chi connectivity index (χ0v) is 13.5. The molecule has 2 rings (SSSR count). The van der Waals surface area contributed by atoms with Crippen molar-refractivity contribution in [2.75, 3.05) is 5.73 Å². The first-order chi connectivity index (χ1) is 9.95. The Morgan fingerprint density at radius 3 is 2.33 bits per heavy atom. The maximum Gasteiger partial charge on any atom is 0.290 e. The van der Waals surface area contributed by atoms with Crippen molar-refractivity contribution in [3.8, 4) is 0 Å². The summed E-state index contributed by atoms with van der Waals surface area (Å²) in [6.07, 6.45) is 0.952. The van der Waals surface area contributed by atoms with Gasteiger partial charge in [0.25, 0.3) is 5.56 Å². The van der Waals surface area contributed by atoms with Crippen molar-refractivity contribution in [3.63, 3.8) is 0 Å². The second-order valence-electron chi connectivity index (χ2n) is 5.57. The Labute approximate surface area is 130 Å². The van der Waals surface area contributed by atoms with E-state index >= 15 is 0 Å². The minimum absolute atomic E-state index is 0.109. The lowest BCUT2D eigenvalue weighted by molar-refractivity contribution is 0.443. The number of hydrogen-bond donors (Lipinski definition) is 1. The van der Waals surface area contributed by atoms with E-state index in [4.69, 9.17) is 17.3 Å². The Morgan fingerprint density at radius 1 is 1.19 bits per heavy atom. The van der Waals surface area contributed by atoms with Gasteiger partial charge in [0.1, 0.15) is 5.69 Å². The molecule has 2 N–H and O–H groups in total. The molecular formula is C16H22ClN3O. The number of halogens is 1. The van der Waals surface area contributed by atoms with E-state index in [1.807, 2.05) is 28.9 Å². The molecule has 0 aliphatic carbocycles. The van der Waals surface area contributed by atoms with Crippen LogP contribution < -0.4 is 11.3 Å². The van der Waals surface area contributed by atoms with Crippen LogP contribution >= 0.6 is 11.6 Å². The summed E-state index contributed by atoms with van der Waals surface area (Å²) in [4.78, 5) is 12.5. The maximum atomic E-state index is 12.5. The first-order valence-corrected chi connectivity index (χ1v) is 7.66. The average Bonchev–Trinajstić information content (AvgIpc) is 2.66. The number of nitrogens with two attached hydrogens (primary N) is 1. The van der Waals surface area contributed by atoms with E-state index in [9.17, 15) is 4.79 Å². The molecule has 0 bridgehead atoms. The lowest BCUT2D eigenvalue weighted by atomic mass is 10.1. The third-order valence-electron chi connectivity index (χ3n) is 3.54. The summed E-state index contributed by atoms with van der Waals surface area (Å²) >= 11 is 5.90. The molecule has 0 aliphatic heterocycles. The first kappa shape index (κ1) is 15.7. The van der Waals surface area contributed by atoms with Crippen LogP contribution in [0.25, 0.3) is 0 Å². The van der Waals surface area contributed by atoms with Gasteiger partial charge >= 0.3 is 0 Å². The lowest BCUT2D eigenvalue weighted by Gasteiger charge is -2.16. The number of anilines is 1. The van der Waals surface area contributed by atoms with Crippen molar-refractivity contribution in [2.45, 2.75) is 46.2 Å². The lowest BCUT2D eigenvalue weighted by Crippen LogP contribution is -2.25. The Balaban J connectivity index is 2.49. The van der Waals surface area contributed by atoms with Gasteiger partial charge in [0, 0.05) is 11.6 Å². The zero-order valence-electron chi connectivity index (χ0n) is 12.8. The second-order valence-corrected chi connectivity index (χ2v) is 6.00. The molecule has 0 radical (unpaired) electrons. The molecule has 5 heteroatoms. The van der Waals surface area contributed by atoms with Crippen molar-refractivity contribution in [3.05, 3.63) is 50.9 Å². The molecule has 4 nitrogen and oxygen atoms in total.